The molecule has 2 N–H and O–H groups in total. The average molecular weight is 433 g/mol. The fourth-order valence-electron chi connectivity index (χ4n) is 3.64. The van der Waals surface area contributed by atoms with Crippen molar-refractivity contribution in [3.8, 4) is 0 Å². The van der Waals surface area contributed by atoms with Gasteiger partial charge in [0.05, 0.1) is 5.69 Å². The highest BCUT2D eigenvalue weighted by Crippen LogP contribution is 2.31. The lowest BCUT2D eigenvalue weighted by atomic mass is 9.98. The Morgan fingerprint density at radius 3 is 2.24 bits per heavy atom. The van der Waals surface area contributed by atoms with Gasteiger partial charge in [-0.05, 0) is 61.4 Å². The van der Waals surface area contributed by atoms with Gasteiger partial charge in [-0.25, -0.2) is 14.5 Å². The second kappa shape index (κ2) is 7.93. The molecular formula is C20H18Cl2N4O3. The van der Waals surface area contributed by atoms with Crippen LogP contribution >= 0.6 is 23.2 Å². The summed E-state index contributed by atoms with van der Waals surface area (Å²) in [7, 11) is 0. The van der Waals surface area contributed by atoms with E-state index >= 15 is 0 Å². The summed E-state index contributed by atoms with van der Waals surface area (Å²) < 4.78 is 0. The minimum Gasteiger partial charge on any atom is -0.335 e. The Balaban J connectivity index is 1.40. The van der Waals surface area contributed by atoms with Crippen molar-refractivity contribution in [1.82, 2.24) is 10.2 Å². The van der Waals surface area contributed by atoms with E-state index in [-0.39, 0.29) is 24.0 Å². The van der Waals surface area contributed by atoms with E-state index in [0.29, 0.717) is 40.8 Å². The van der Waals surface area contributed by atoms with Crippen LogP contribution in [0.3, 0.4) is 0 Å². The van der Waals surface area contributed by atoms with Crippen LogP contribution in [-0.2, 0) is 4.79 Å². The summed E-state index contributed by atoms with van der Waals surface area (Å²) in [4.78, 5) is 40.6. The van der Waals surface area contributed by atoms with Gasteiger partial charge in [-0.3, -0.25) is 4.79 Å². The number of rotatable bonds is 3. The van der Waals surface area contributed by atoms with Crippen LogP contribution < -0.4 is 15.5 Å². The normalized spacial score (nSPS) is 21.2. The SMILES string of the molecule is O=C(Nc1ccc(Cl)cc1)N[C@@H]1CCN2C(=O)N(c3ccc(Cl)cc3)C(=O)[C@@H]2C1. The van der Waals surface area contributed by atoms with Crippen molar-refractivity contribution < 1.29 is 14.4 Å². The number of nitrogens with one attached hydrogen (secondary N) is 2. The standard InChI is InChI=1S/C20H18Cl2N4O3/c21-12-1-5-14(6-2-12)23-19(28)24-15-9-10-25-17(11-15)18(27)26(20(25)29)16-7-3-13(22)4-8-16/h1-8,15,17H,9-11H2,(H2,23,24,28)/t15-,17+/m1/s1. The number of imide groups is 1. The maximum absolute atomic E-state index is 12.9. The molecule has 2 saturated heterocycles. The number of hydrogen-bond donors (Lipinski definition) is 2. The van der Waals surface area contributed by atoms with Crippen LogP contribution in [-0.4, -0.2) is 41.5 Å². The molecule has 2 fully saturated rings. The lowest BCUT2D eigenvalue weighted by molar-refractivity contribution is -0.120. The van der Waals surface area contributed by atoms with Crippen molar-refractivity contribution in [2.24, 2.45) is 0 Å². The Kier molecular flexibility index (Phi) is 5.34. The number of halogens is 2. The van der Waals surface area contributed by atoms with Crippen LogP contribution in [0.2, 0.25) is 10.0 Å². The number of amides is 5. The molecule has 9 heteroatoms. The summed E-state index contributed by atoms with van der Waals surface area (Å²) in [6, 6.07) is 11.8. The van der Waals surface area contributed by atoms with E-state index < -0.39 is 6.04 Å². The van der Waals surface area contributed by atoms with Crippen molar-refractivity contribution in [2.45, 2.75) is 24.9 Å². The third-order valence-corrected chi connectivity index (χ3v) is 5.57. The number of benzene rings is 2. The average Bonchev–Trinajstić information content (AvgIpc) is 2.94. The molecule has 0 bridgehead atoms. The summed E-state index contributed by atoms with van der Waals surface area (Å²) in [6.45, 7) is 0.394. The molecule has 0 spiro atoms. The molecule has 0 aliphatic carbocycles. The van der Waals surface area contributed by atoms with Crippen molar-refractivity contribution in [2.75, 3.05) is 16.8 Å². The van der Waals surface area contributed by atoms with Gasteiger partial charge in [-0.1, -0.05) is 23.2 Å². The van der Waals surface area contributed by atoms with Gasteiger partial charge in [-0.2, -0.15) is 0 Å². The zero-order valence-corrected chi connectivity index (χ0v) is 16.8. The number of hydrogen-bond acceptors (Lipinski definition) is 3. The smallest absolute Gasteiger partial charge is 0.332 e. The fraction of sp³-hybridized carbons (Fsp3) is 0.250. The summed E-state index contributed by atoms with van der Waals surface area (Å²) >= 11 is 11.7. The number of anilines is 2. The van der Waals surface area contributed by atoms with Gasteiger partial charge < -0.3 is 15.5 Å². The largest absolute Gasteiger partial charge is 0.335 e. The number of urea groups is 2. The maximum Gasteiger partial charge on any atom is 0.332 e. The van der Waals surface area contributed by atoms with Crippen molar-refractivity contribution in [3.63, 3.8) is 0 Å². The molecule has 2 aromatic rings. The number of fused-ring (bicyclic) bond motifs is 1. The monoisotopic (exact) mass is 432 g/mol. The van der Waals surface area contributed by atoms with Crippen LogP contribution in [0.15, 0.2) is 48.5 Å². The van der Waals surface area contributed by atoms with E-state index in [1.165, 1.54) is 4.90 Å². The highest BCUT2D eigenvalue weighted by molar-refractivity contribution is 6.31. The van der Waals surface area contributed by atoms with E-state index in [2.05, 4.69) is 10.6 Å². The molecule has 2 aliphatic heterocycles. The summed E-state index contributed by atoms with van der Waals surface area (Å²) in [6.07, 6.45) is 0.931. The topological polar surface area (TPSA) is 81.8 Å². The van der Waals surface area contributed by atoms with Crippen molar-refractivity contribution in [1.29, 1.82) is 0 Å². The number of carbonyl (C=O) groups excluding carboxylic acids is 3. The molecule has 2 heterocycles. The third kappa shape index (κ3) is 4.02. The molecule has 0 aromatic heterocycles. The maximum atomic E-state index is 12.9. The molecule has 29 heavy (non-hydrogen) atoms. The van der Waals surface area contributed by atoms with E-state index in [1.54, 1.807) is 53.4 Å². The lowest BCUT2D eigenvalue weighted by Gasteiger charge is -2.32. The van der Waals surface area contributed by atoms with Gasteiger partial charge in [0.25, 0.3) is 5.91 Å². The molecule has 0 unspecified atom stereocenters. The second-order valence-electron chi connectivity index (χ2n) is 6.97. The molecule has 4 rings (SSSR count). The zero-order chi connectivity index (χ0) is 20.5. The molecule has 2 aromatic carbocycles. The number of piperidine rings is 1. The van der Waals surface area contributed by atoms with Gasteiger partial charge in [0, 0.05) is 28.3 Å². The van der Waals surface area contributed by atoms with E-state index in [4.69, 9.17) is 23.2 Å². The fourth-order valence-corrected chi connectivity index (χ4v) is 3.90. The van der Waals surface area contributed by atoms with Crippen LogP contribution in [0.1, 0.15) is 12.8 Å². The van der Waals surface area contributed by atoms with E-state index in [0.717, 1.165) is 0 Å². The Labute approximate surface area is 177 Å². The quantitative estimate of drug-likeness (QED) is 0.715. The summed E-state index contributed by atoms with van der Waals surface area (Å²) in [5.74, 6) is -0.290. The highest BCUT2D eigenvalue weighted by Gasteiger charge is 2.48. The molecule has 150 valence electrons. The van der Waals surface area contributed by atoms with Crippen LogP contribution in [0, 0.1) is 0 Å². The van der Waals surface area contributed by atoms with Crippen LogP contribution in [0.4, 0.5) is 21.0 Å². The summed E-state index contributed by atoms with van der Waals surface area (Å²) in [5, 5.41) is 6.73. The molecule has 2 aliphatic rings. The Bertz CT molecular complexity index is 949. The second-order valence-corrected chi connectivity index (χ2v) is 7.84. The minimum atomic E-state index is -0.590. The predicted molar refractivity (Wildman–Crippen MR) is 111 cm³/mol. The molecule has 5 amide bonds. The third-order valence-electron chi connectivity index (χ3n) is 5.07. The predicted octanol–water partition coefficient (Wildman–Crippen LogP) is 4.11. The van der Waals surface area contributed by atoms with Gasteiger partial charge >= 0.3 is 12.1 Å². The zero-order valence-electron chi connectivity index (χ0n) is 15.3. The van der Waals surface area contributed by atoms with Gasteiger partial charge in [-0.15, -0.1) is 0 Å². The lowest BCUT2D eigenvalue weighted by Crippen LogP contribution is -2.50. The first-order chi connectivity index (χ1) is 13.9. The Morgan fingerprint density at radius 1 is 0.966 bits per heavy atom. The van der Waals surface area contributed by atoms with Gasteiger partial charge in [0.2, 0.25) is 0 Å². The molecule has 0 saturated carbocycles. The molecule has 7 nitrogen and oxygen atoms in total. The minimum absolute atomic E-state index is 0.217. The van der Waals surface area contributed by atoms with E-state index in [9.17, 15) is 14.4 Å². The first-order valence-corrected chi connectivity index (χ1v) is 9.91. The van der Waals surface area contributed by atoms with Crippen LogP contribution in [0.25, 0.3) is 0 Å². The molecular weight excluding hydrogens is 415 g/mol. The van der Waals surface area contributed by atoms with Crippen molar-refractivity contribution >= 4 is 52.5 Å². The Morgan fingerprint density at radius 2 is 1.59 bits per heavy atom. The molecule has 2 atom stereocenters. The molecule has 0 radical (unpaired) electrons. The highest BCUT2D eigenvalue weighted by atomic mass is 35.5. The van der Waals surface area contributed by atoms with Crippen LogP contribution in [0.5, 0.6) is 0 Å². The Hall–Kier alpha value is -2.77. The van der Waals surface area contributed by atoms with E-state index in [1.807, 2.05) is 0 Å². The first kappa shape index (κ1) is 19.5. The number of nitrogens with zero attached hydrogens (tertiary/aromatic N) is 2. The first-order valence-electron chi connectivity index (χ1n) is 9.15. The number of carbonyl (C=O) groups is 3. The summed E-state index contributed by atoms with van der Waals surface area (Å²) in [5.41, 5.74) is 1.11. The van der Waals surface area contributed by atoms with Crippen molar-refractivity contribution in [3.05, 3.63) is 58.6 Å². The van der Waals surface area contributed by atoms with Gasteiger partial charge in [0.1, 0.15) is 6.04 Å². The van der Waals surface area contributed by atoms with Gasteiger partial charge in [0.15, 0.2) is 0 Å².